The van der Waals surface area contributed by atoms with E-state index in [2.05, 4.69) is 14.7 Å². The molecule has 1 atom stereocenters. The van der Waals surface area contributed by atoms with Crippen molar-refractivity contribution in [1.29, 1.82) is 0 Å². The minimum absolute atomic E-state index is 0. The topological polar surface area (TPSA) is 118 Å². The lowest BCUT2D eigenvalue weighted by Crippen LogP contribution is -2.33. The summed E-state index contributed by atoms with van der Waals surface area (Å²) in [7, 11) is -3.89. The Hall–Kier alpha value is -2.33. The van der Waals surface area contributed by atoms with Gasteiger partial charge in [-0.15, -0.1) is 12.4 Å². The molecule has 7 nitrogen and oxygen atoms in total. The number of nitrogens with one attached hydrogen (secondary N) is 2. The first-order valence-electron chi connectivity index (χ1n) is 7.32. The van der Waals surface area contributed by atoms with E-state index in [0.717, 1.165) is 0 Å². The summed E-state index contributed by atoms with van der Waals surface area (Å²) in [5, 5.41) is 5.54. The molecule has 0 aliphatic carbocycles. The number of halogens is 2. The number of aromatic nitrogens is 2. The summed E-state index contributed by atoms with van der Waals surface area (Å²) < 4.78 is 39.0. The Bertz CT molecular complexity index is 1120. The third kappa shape index (κ3) is 4.25. The van der Waals surface area contributed by atoms with E-state index in [1.54, 1.807) is 31.2 Å². The largest absolute Gasteiger partial charge is 0.307 e. The Morgan fingerprint density at radius 2 is 1.92 bits per heavy atom. The average Bonchev–Trinajstić information content (AvgIpc) is 2.52. The maximum Gasteiger partial charge on any atom is 0.274 e. The highest BCUT2D eigenvalue weighted by molar-refractivity contribution is 7.87. The van der Waals surface area contributed by atoms with E-state index < -0.39 is 22.1 Å². The van der Waals surface area contributed by atoms with E-state index in [1.807, 2.05) is 0 Å². The van der Waals surface area contributed by atoms with Crippen molar-refractivity contribution in [2.75, 3.05) is 0 Å². The number of hydrogen-bond acceptors (Lipinski definition) is 4. The highest BCUT2D eigenvalue weighted by Crippen LogP contribution is 2.30. The van der Waals surface area contributed by atoms with Gasteiger partial charge in [-0.1, -0.05) is 12.1 Å². The van der Waals surface area contributed by atoms with Gasteiger partial charge in [0.2, 0.25) is 5.56 Å². The normalized spacial score (nSPS) is 12.6. The highest BCUT2D eigenvalue weighted by atomic mass is 35.5. The van der Waals surface area contributed by atoms with Crippen LogP contribution in [0.25, 0.3) is 22.2 Å². The molecule has 3 rings (SSSR count). The molecule has 0 bridgehead atoms. The van der Waals surface area contributed by atoms with Crippen molar-refractivity contribution in [1.82, 2.24) is 14.7 Å². The molecule has 0 saturated carbocycles. The predicted molar refractivity (Wildman–Crippen MR) is 99.7 cm³/mol. The fraction of sp³-hybridized carbons (Fsp3) is 0.125. The van der Waals surface area contributed by atoms with Crippen LogP contribution >= 0.6 is 12.4 Å². The van der Waals surface area contributed by atoms with Crippen LogP contribution in [0.15, 0.2) is 47.4 Å². The van der Waals surface area contributed by atoms with Crippen LogP contribution in [-0.4, -0.2) is 18.4 Å². The van der Waals surface area contributed by atoms with Gasteiger partial charge >= 0.3 is 0 Å². The van der Waals surface area contributed by atoms with Crippen LogP contribution in [0.5, 0.6) is 0 Å². The van der Waals surface area contributed by atoms with Crippen molar-refractivity contribution in [2.45, 2.75) is 13.0 Å². The second-order valence-electron chi connectivity index (χ2n) is 5.57. The number of benzene rings is 1. The van der Waals surface area contributed by atoms with Crippen molar-refractivity contribution in [3.8, 4) is 11.1 Å². The van der Waals surface area contributed by atoms with Crippen molar-refractivity contribution >= 4 is 33.6 Å². The van der Waals surface area contributed by atoms with E-state index >= 15 is 0 Å². The molecule has 0 spiro atoms. The van der Waals surface area contributed by atoms with Gasteiger partial charge in [-0.05, 0) is 36.2 Å². The lowest BCUT2D eigenvalue weighted by Gasteiger charge is -2.14. The van der Waals surface area contributed by atoms with Gasteiger partial charge in [0.15, 0.2) is 0 Å². The number of nitrogens with two attached hydrogens (primary N) is 1. The van der Waals surface area contributed by atoms with Gasteiger partial charge in [0, 0.05) is 29.3 Å². The Morgan fingerprint density at radius 3 is 2.58 bits per heavy atom. The molecular formula is C16H16ClFN4O3S. The minimum Gasteiger partial charge on any atom is -0.307 e. The highest BCUT2D eigenvalue weighted by Gasteiger charge is 2.15. The third-order valence-electron chi connectivity index (χ3n) is 3.76. The Labute approximate surface area is 155 Å². The molecule has 1 aromatic carbocycles. The average molecular weight is 399 g/mol. The van der Waals surface area contributed by atoms with E-state index in [9.17, 15) is 17.6 Å². The van der Waals surface area contributed by atoms with Crippen LogP contribution in [-0.2, 0) is 10.2 Å². The van der Waals surface area contributed by atoms with Crippen molar-refractivity contribution in [3.05, 3.63) is 64.3 Å². The summed E-state index contributed by atoms with van der Waals surface area (Å²) in [6.45, 7) is 1.56. The Kier molecular flexibility index (Phi) is 5.77. The minimum atomic E-state index is -3.89. The number of nitrogens with zero attached hydrogens (tertiary/aromatic N) is 1. The summed E-state index contributed by atoms with van der Waals surface area (Å²) in [6, 6.07) is 8.29. The van der Waals surface area contributed by atoms with Crippen molar-refractivity contribution in [2.24, 2.45) is 5.14 Å². The monoisotopic (exact) mass is 398 g/mol. The van der Waals surface area contributed by atoms with Gasteiger partial charge < -0.3 is 4.98 Å². The first-order valence-corrected chi connectivity index (χ1v) is 8.87. The van der Waals surface area contributed by atoms with Crippen LogP contribution in [0.4, 0.5) is 4.39 Å². The van der Waals surface area contributed by atoms with Crippen LogP contribution < -0.4 is 15.4 Å². The second-order valence-corrected chi connectivity index (χ2v) is 6.89. The van der Waals surface area contributed by atoms with E-state index in [4.69, 9.17) is 5.14 Å². The summed E-state index contributed by atoms with van der Waals surface area (Å²) >= 11 is 0. The molecule has 10 heteroatoms. The maximum atomic E-state index is 14.6. The smallest absolute Gasteiger partial charge is 0.274 e. The first kappa shape index (κ1) is 20.0. The molecule has 0 fully saturated rings. The van der Waals surface area contributed by atoms with Crippen LogP contribution in [0, 0.1) is 5.82 Å². The third-order valence-corrected chi connectivity index (χ3v) is 4.44. The summed E-state index contributed by atoms with van der Waals surface area (Å²) in [6.07, 6.45) is 1.48. The number of fused-ring (bicyclic) bond motifs is 1. The fourth-order valence-corrected chi connectivity index (χ4v) is 3.26. The van der Waals surface area contributed by atoms with Crippen LogP contribution in [0.2, 0.25) is 0 Å². The zero-order chi connectivity index (χ0) is 18.2. The molecular weight excluding hydrogens is 383 g/mol. The molecule has 0 saturated heterocycles. The Balaban J connectivity index is 0.00000243. The van der Waals surface area contributed by atoms with Gasteiger partial charge in [-0.25, -0.2) is 14.5 Å². The van der Waals surface area contributed by atoms with E-state index in [-0.39, 0.29) is 18.0 Å². The lowest BCUT2D eigenvalue weighted by atomic mass is 9.99. The number of hydrogen-bond donors (Lipinski definition) is 3. The second kappa shape index (κ2) is 7.50. The zero-order valence-electron chi connectivity index (χ0n) is 13.6. The molecule has 26 heavy (non-hydrogen) atoms. The van der Waals surface area contributed by atoms with Gasteiger partial charge in [0.25, 0.3) is 10.2 Å². The van der Waals surface area contributed by atoms with Crippen LogP contribution in [0.3, 0.4) is 0 Å². The summed E-state index contributed by atoms with van der Waals surface area (Å²) in [5.74, 6) is -0.528. The molecule has 4 N–H and O–H groups in total. The lowest BCUT2D eigenvalue weighted by molar-refractivity contribution is 0.566. The predicted octanol–water partition coefficient (Wildman–Crippen LogP) is 2.01. The van der Waals surface area contributed by atoms with Gasteiger partial charge in [-0.2, -0.15) is 13.1 Å². The molecule has 2 aromatic heterocycles. The molecule has 138 valence electrons. The molecule has 0 radical (unpaired) electrons. The van der Waals surface area contributed by atoms with Gasteiger partial charge in [0.1, 0.15) is 11.5 Å². The fourth-order valence-electron chi connectivity index (χ4n) is 2.63. The van der Waals surface area contributed by atoms with Gasteiger partial charge in [-0.3, -0.25) is 4.79 Å². The summed E-state index contributed by atoms with van der Waals surface area (Å²) in [4.78, 5) is 18.1. The molecule has 0 amide bonds. The SMILES string of the molecule is C[C@@H](NS(N)(=O)=O)c1ccc(-c2ccnc3[nH]c(=O)ccc23)c(F)c1.Cl. The molecule has 0 aliphatic heterocycles. The van der Waals surface area contributed by atoms with E-state index in [1.165, 1.54) is 18.3 Å². The quantitative estimate of drug-likeness (QED) is 0.622. The zero-order valence-corrected chi connectivity index (χ0v) is 15.2. The maximum absolute atomic E-state index is 14.6. The van der Waals surface area contributed by atoms with Crippen molar-refractivity contribution < 1.29 is 12.8 Å². The van der Waals surface area contributed by atoms with Crippen LogP contribution in [0.1, 0.15) is 18.5 Å². The van der Waals surface area contributed by atoms with Crippen molar-refractivity contribution in [3.63, 3.8) is 0 Å². The first-order chi connectivity index (χ1) is 11.7. The molecule has 0 unspecified atom stereocenters. The molecule has 0 aliphatic rings. The summed E-state index contributed by atoms with van der Waals surface area (Å²) in [5.41, 5.74) is 1.37. The number of pyridine rings is 2. The molecule has 2 heterocycles. The molecule has 3 aromatic rings. The Morgan fingerprint density at radius 1 is 1.19 bits per heavy atom. The number of H-pyrrole nitrogens is 1. The van der Waals surface area contributed by atoms with Gasteiger partial charge in [0.05, 0.1) is 0 Å². The number of aromatic amines is 1. The standard InChI is InChI=1S/C16H15FN4O3S.ClH/c1-9(21-25(18,23)24)10-2-3-12(14(17)8-10)11-6-7-19-16-13(11)4-5-15(22)20-16;/h2-9,21H,1H3,(H2,18,23,24)(H,19,20,22);1H/t9-;/m1./s1. The number of rotatable bonds is 4. The van der Waals surface area contributed by atoms with E-state index in [0.29, 0.717) is 27.7 Å².